The van der Waals surface area contributed by atoms with Gasteiger partial charge >= 0.3 is 11.4 Å². The van der Waals surface area contributed by atoms with Crippen LogP contribution in [0, 0.1) is 0 Å². The number of nitrogens with zero attached hydrogens (tertiary/aromatic N) is 3. The van der Waals surface area contributed by atoms with Gasteiger partial charge in [0.25, 0.3) is 0 Å². The number of ether oxygens (including phenoxy) is 1. The van der Waals surface area contributed by atoms with Gasteiger partial charge in [-0.2, -0.15) is 0 Å². The van der Waals surface area contributed by atoms with Crippen LogP contribution in [0.5, 0.6) is 5.75 Å². The molecule has 10 heteroatoms. The highest BCUT2D eigenvalue weighted by Gasteiger charge is 2.44. The second-order valence-electron chi connectivity index (χ2n) is 8.13. The van der Waals surface area contributed by atoms with E-state index in [0.29, 0.717) is 16.9 Å². The SMILES string of the molecule is Cn1c(=O)n2n(c1=O)[C@@H]1CC3=C(C(=O)C=C(Br)C3=O)[C@@H](c3ccc(OCCO)cc3)C1=CC2. The van der Waals surface area contributed by atoms with Gasteiger partial charge in [-0.3, -0.25) is 9.59 Å². The van der Waals surface area contributed by atoms with Crippen LogP contribution in [0.2, 0.25) is 0 Å². The fraction of sp³-hybridized carbons (Fsp3) is 0.304. The molecule has 5 rings (SSSR count). The van der Waals surface area contributed by atoms with Crippen LogP contribution >= 0.6 is 15.9 Å². The maximum Gasteiger partial charge on any atom is 0.347 e. The first kappa shape index (κ1) is 21.6. The molecule has 1 aliphatic heterocycles. The summed E-state index contributed by atoms with van der Waals surface area (Å²) in [6, 6.07) is 6.54. The number of Topliss-reactive ketones (excluding diaryl/α,β-unsaturated/α-hetero) is 1. The van der Waals surface area contributed by atoms with Crippen molar-refractivity contribution in [3.63, 3.8) is 0 Å². The lowest BCUT2D eigenvalue weighted by molar-refractivity contribution is -0.115. The Morgan fingerprint density at radius 3 is 2.55 bits per heavy atom. The molecule has 2 aromatic rings. The lowest BCUT2D eigenvalue weighted by Gasteiger charge is -2.39. The first-order valence-corrected chi connectivity index (χ1v) is 11.2. The van der Waals surface area contributed by atoms with E-state index in [2.05, 4.69) is 15.9 Å². The molecule has 1 aromatic carbocycles. The van der Waals surface area contributed by atoms with Crippen LogP contribution in [0.25, 0.3) is 0 Å². The number of hydrogen-bond donors (Lipinski definition) is 1. The van der Waals surface area contributed by atoms with Crippen molar-refractivity contribution in [3.05, 3.63) is 84.2 Å². The number of carbonyl (C=O) groups is 2. The molecule has 170 valence electrons. The molecular weight excluding hydrogens is 494 g/mol. The van der Waals surface area contributed by atoms with Crippen LogP contribution in [0.15, 0.2) is 67.2 Å². The maximum absolute atomic E-state index is 13.1. The Balaban J connectivity index is 1.69. The van der Waals surface area contributed by atoms with Crippen molar-refractivity contribution in [2.45, 2.75) is 24.9 Å². The number of allylic oxidation sites excluding steroid dienone is 6. The van der Waals surface area contributed by atoms with Crippen molar-refractivity contribution >= 4 is 27.5 Å². The Hall–Kier alpha value is -3.24. The molecule has 9 nitrogen and oxygen atoms in total. The molecule has 0 unspecified atom stereocenters. The number of ketones is 2. The quantitative estimate of drug-likeness (QED) is 0.484. The Morgan fingerprint density at radius 2 is 1.85 bits per heavy atom. The summed E-state index contributed by atoms with van der Waals surface area (Å²) in [6.45, 7) is 0.241. The number of benzene rings is 1. The van der Waals surface area contributed by atoms with Gasteiger partial charge in [-0.1, -0.05) is 18.2 Å². The molecule has 0 amide bonds. The molecule has 2 heterocycles. The van der Waals surface area contributed by atoms with Gasteiger partial charge in [0, 0.05) is 36.6 Å². The summed E-state index contributed by atoms with van der Waals surface area (Å²) >= 11 is 3.19. The summed E-state index contributed by atoms with van der Waals surface area (Å²) in [5.74, 6) is -0.534. The van der Waals surface area contributed by atoms with E-state index in [4.69, 9.17) is 9.84 Å². The highest BCUT2D eigenvalue weighted by Crippen LogP contribution is 2.50. The normalized spacial score (nSPS) is 21.8. The summed E-state index contributed by atoms with van der Waals surface area (Å²) < 4.78 is 9.44. The second kappa shape index (κ2) is 7.96. The smallest absolute Gasteiger partial charge is 0.347 e. The minimum atomic E-state index is -0.565. The van der Waals surface area contributed by atoms with E-state index in [1.807, 2.05) is 18.2 Å². The molecule has 3 aliphatic rings. The Morgan fingerprint density at radius 1 is 1.12 bits per heavy atom. The molecule has 0 bridgehead atoms. The predicted octanol–water partition coefficient (Wildman–Crippen LogP) is 1.12. The van der Waals surface area contributed by atoms with Crippen LogP contribution in [0.4, 0.5) is 0 Å². The highest BCUT2D eigenvalue weighted by atomic mass is 79.9. The van der Waals surface area contributed by atoms with Crippen LogP contribution in [0.1, 0.15) is 23.9 Å². The van der Waals surface area contributed by atoms with Gasteiger partial charge in [0.2, 0.25) is 0 Å². The van der Waals surface area contributed by atoms with Crippen molar-refractivity contribution in [3.8, 4) is 5.75 Å². The third-order valence-corrected chi connectivity index (χ3v) is 6.95. The Labute approximate surface area is 196 Å². The van der Waals surface area contributed by atoms with Crippen LogP contribution in [-0.2, 0) is 23.2 Å². The molecule has 33 heavy (non-hydrogen) atoms. The fourth-order valence-electron chi connectivity index (χ4n) is 4.89. The molecule has 1 N–H and O–H groups in total. The summed E-state index contributed by atoms with van der Waals surface area (Å²) in [6.07, 6.45) is 3.31. The molecule has 0 spiro atoms. The molecular formula is C23H20BrN3O6. The van der Waals surface area contributed by atoms with Crippen molar-refractivity contribution in [2.24, 2.45) is 7.05 Å². The number of halogens is 1. The van der Waals surface area contributed by atoms with Gasteiger partial charge in [-0.25, -0.2) is 23.5 Å². The van der Waals surface area contributed by atoms with Crippen molar-refractivity contribution in [2.75, 3.05) is 13.2 Å². The number of carbonyl (C=O) groups excluding carboxylic acids is 2. The minimum absolute atomic E-state index is 0.111. The van der Waals surface area contributed by atoms with Crippen molar-refractivity contribution in [1.29, 1.82) is 0 Å². The number of aliphatic hydroxyl groups is 1. The van der Waals surface area contributed by atoms with E-state index < -0.39 is 23.3 Å². The van der Waals surface area contributed by atoms with Crippen LogP contribution < -0.4 is 16.1 Å². The second-order valence-corrected chi connectivity index (χ2v) is 8.98. The minimum Gasteiger partial charge on any atom is -0.491 e. The molecule has 2 atom stereocenters. The highest BCUT2D eigenvalue weighted by molar-refractivity contribution is 9.12. The molecule has 2 aliphatic carbocycles. The van der Waals surface area contributed by atoms with Crippen molar-refractivity contribution in [1.82, 2.24) is 13.9 Å². The van der Waals surface area contributed by atoms with Gasteiger partial charge in [-0.15, -0.1) is 0 Å². The number of fused-ring (bicyclic) bond motifs is 3. The van der Waals surface area contributed by atoms with E-state index in [0.717, 1.165) is 15.7 Å². The Bertz CT molecular complexity index is 1400. The molecule has 0 fully saturated rings. The van der Waals surface area contributed by atoms with Crippen molar-refractivity contribution < 1.29 is 19.4 Å². The maximum atomic E-state index is 13.1. The topological polar surface area (TPSA) is 113 Å². The van der Waals surface area contributed by atoms with Gasteiger partial charge in [0.1, 0.15) is 12.4 Å². The first-order chi connectivity index (χ1) is 15.8. The number of aliphatic hydroxyl groups excluding tert-OH is 1. The zero-order valence-electron chi connectivity index (χ0n) is 17.7. The number of rotatable bonds is 4. The molecule has 0 radical (unpaired) electrons. The average Bonchev–Trinajstić information content (AvgIpc) is 3.04. The average molecular weight is 514 g/mol. The van der Waals surface area contributed by atoms with Crippen LogP contribution in [-0.4, -0.2) is 43.8 Å². The summed E-state index contributed by atoms with van der Waals surface area (Å²) in [5, 5.41) is 8.97. The first-order valence-electron chi connectivity index (χ1n) is 10.4. The van der Waals surface area contributed by atoms with Gasteiger partial charge in [0.05, 0.1) is 23.7 Å². The lowest BCUT2D eigenvalue weighted by atomic mass is 9.69. The third-order valence-electron chi connectivity index (χ3n) is 6.36. The van der Waals surface area contributed by atoms with E-state index in [9.17, 15) is 19.2 Å². The summed E-state index contributed by atoms with van der Waals surface area (Å²) in [4.78, 5) is 51.6. The number of aromatic nitrogens is 3. The van der Waals surface area contributed by atoms with E-state index >= 15 is 0 Å². The van der Waals surface area contributed by atoms with E-state index in [1.165, 1.54) is 22.5 Å². The van der Waals surface area contributed by atoms with Crippen LogP contribution in [0.3, 0.4) is 0 Å². The summed E-state index contributed by atoms with van der Waals surface area (Å²) in [7, 11) is 1.42. The zero-order chi connectivity index (χ0) is 23.4. The van der Waals surface area contributed by atoms with Gasteiger partial charge < -0.3 is 9.84 Å². The molecule has 0 saturated heterocycles. The van der Waals surface area contributed by atoms with E-state index in [1.54, 1.807) is 12.1 Å². The largest absolute Gasteiger partial charge is 0.491 e. The number of hydrogen-bond acceptors (Lipinski definition) is 6. The lowest BCUT2D eigenvalue weighted by Crippen LogP contribution is -2.40. The third kappa shape index (κ3) is 3.24. The monoisotopic (exact) mass is 513 g/mol. The Kier molecular flexibility index (Phi) is 5.21. The zero-order valence-corrected chi connectivity index (χ0v) is 19.2. The van der Waals surface area contributed by atoms with Gasteiger partial charge in [0.15, 0.2) is 11.6 Å². The summed E-state index contributed by atoms with van der Waals surface area (Å²) in [5.41, 5.74) is 1.42. The fourth-order valence-corrected chi connectivity index (χ4v) is 5.33. The van der Waals surface area contributed by atoms with E-state index in [-0.39, 0.29) is 42.2 Å². The standard InChI is InChI=1S/C23H20BrN3O6/c1-25-22(31)26-7-6-14-17(27(26)23(25)32)10-15-20(18(29)11-16(24)21(15)30)19(14)12-2-4-13(5-3-12)33-9-8-28/h2-6,11,17,19,28H,7-10H2,1H3/t17-,19+/m1/s1. The predicted molar refractivity (Wildman–Crippen MR) is 121 cm³/mol. The molecule has 0 saturated carbocycles. The molecule has 1 aromatic heterocycles. The van der Waals surface area contributed by atoms with Gasteiger partial charge in [-0.05, 0) is 39.2 Å².